The van der Waals surface area contributed by atoms with Gasteiger partial charge in [0.1, 0.15) is 22.8 Å². The molecule has 0 radical (unpaired) electrons. The Kier molecular flexibility index (Phi) is 11.7. The summed E-state index contributed by atoms with van der Waals surface area (Å²) < 4.78 is 152. The largest absolute Gasteiger partial charge is 0.465 e. The van der Waals surface area contributed by atoms with Gasteiger partial charge >= 0.3 is 24.3 Å². The molecule has 6 nitrogen and oxygen atoms in total. The number of carbonyl (C=O) groups excluding carboxylic acids is 2. The quantitative estimate of drug-likeness (QED) is 0.156. The van der Waals surface area contributed by atoms with E-state index in [1.54, 1.807) is 0 Å². The highest BCUT2D eigenvalue weighted by atomic mass is 32.1. The minimum absolute atomic E-state index is 0.588. The van der Waals surface area contributed by atoms with Crippen LogP contribution in [-0.4, -0.2) is 36.1 Å². The Bertz CT molecular complexity index is 1290. The highest BCUT2D eigenvalue weighted by Gasteiger charge is 2.47. The third-order valence-electron chi connectivity index (χ3n) is 6.24. The second kappa shape index (κ2) is 13.9. The van der Waals surface area contributed by atoms with Gasteiger partial charge in [-0.25, -0.2) is 37.1 Å². The summed E-state index contributed by atoms with van der Waals surface area (Å²) in [7, 11) is 1.48. The van der Waals surface area contributed by atoms with E-state index >= 15 is 0 Å². The third-order valence-corrected chi connectivity index (χ3v) is 6.76. The van der Waals surface area contributed by atoms with E-state index in [1.165, 1.54) is 27.7 Å². The smallest absolute Gasteiger partial charge is 0.433 e. The molecule has 0 unspecified atom stereocenters. The van der Waals surface area contributed by atoms with Gasteiger partial charge in [0.2, 0.25) is 0 Å². The number of halogens is 10. The molecular weight excluding hydrogens is 638 g/mol. The number of methoxy groups -OCH3 is 2. The summed E-state index contributed by atoms with van der Waals surface area (Å²) >= 11 is 4.10. The number of carbonyl (C=O) groups is 2. The monoisotopic (exact) mass is 666 g/mol. The summed E-state index contributed by atoms with van der Waals surface area (Å²) in [5.41, 5.74) is -13.8. The average molecular weight is 667 g/mol. The standard InChI is InChI=1S/C27H28F10N2O4S/c1-9(2)7-11-13(24(40)42-5)17(22(28)29)38-20(26(32,33)34)15(11)19(44)16-12(8-10(3)4)14(25(41)43-6)18(23(30)31)39-21(16)27(35,36)37/h9-10,19,22-23,44H,7-8H2,1-6H3. The highest BCUT2D eigenvalue weighted by Crippen LogP contribution is 2.49. The second-order valence-electron chi connectivity index (χ2n) is 10.4. The number of rotatable bonds is 10. The Morgan fingerprint density at radius 2 is 0.977 bits per heavy atom. The number of alkyl halides is 10. The molecule has 2 rings (SSSR count). The van der Waals surface area contributed by atoms with E-state index in [0.29, 0.717) is 0 Å². The minimum Gasteiger partial charge on any atom is -0.465 e. The normalized spacial score (nSPS) is 12.7. The van der Waals surface area contributed by atoms with Gasteiger partial charge in [0.25, 0.3) is 12.9 Å². The molecule has 0 saturated heterocycles. The summed E-state index contributed by atoms with van der Waals surface area (Å²) in [6.45, 7) is 5.70. The van der Waals surface area contributed by atoms with Crippen molar-refractivity contribution in [3.63, 3.8) is 0 Å². The molecule has 0 amide bonds. The van der Waals surface area contributed by atoms with Crippen molar-refractivity contribution >= 4 is 24.6 Å². The molecule has 0 spiro atoms. The van der Waals surface area contributed by atoms with Crippen molar-refractivity contribution in [1.82, 2.24) is 9.97 Å². The Morgan fingerprint density at radius 3 is 1.18 bits per heavy atom. The van der Waals surface area contributed by atoms with Crippen LogP contribution in [0.1, 0.15) is 112 Å². The van der Waals surface area contributed by atoms with E-state index in [2.05, 4.69) is 32.1 Å². The number of esters is 2. The molecule has 0 aliphatic heterocycles. The van der Waals surface area contributed by atoms with Crippen molar-refractivity contribution in [3.8, 4) is 0 Å². The van der Waals surface area contributed by atoms with Gasteiger partial charge in [-0.1, -0.05) is 27.7 Å². The maximum atomic E-state index is 14.5. The van der Waals surface area contributed by atoms with E-state index in [1.807, 2.05) is 0 Å². The van der Waals surface area contributed by atoms with Crippen LogP contribution in [0.15, 0.2) is 0 Å². The Morgan fingerprint density at radius 1 is 0.682 bits per heavy atom. The van der Waals surface area contributed by atoms with Crippen LogP contribution in [0.25, 0.3) is 0 Å². The zero-order valence-corrected chi connectivity index (χ0v) is 24.9. The molecule has 0 saturated carbocycles. The van der Waals surface area contributed by atoms with Gasteiger partial charge in [-0.15, -0.1) is 0 Å². The molecule has 2 aromatic rings. The Labute approximate surface area is 250 Å². The lowest BCUT2D eigenvalue weighted by Crippen LogP contribution is -2.27. The van der Waals surface area contributed by atoms with E-state index in [0.717, 1.165) is 14.2 Å². The SMILES string of the molecule is COC(=O)c1c(C(F)F)nc(C(F)(F)F)c(C(S)c2c(C(F)(F)F)nc(C(F)F)c(C(=O)OC)c2CC(C)C)c1CC(C)C. The summed E-state index contributed by atoms with van der Waals surface area (Å²) in [4.78, 5) is 31.4. The topological polar surface area (TPSA) is 78.4 Å². The van der Waals surface area contributed by atoms with Crippen molar-refractivity contribution in [2.24, 2.45) is 11.8 Å². The maximum Gasteiger partial charge on any atom is 0.433 e. The number of thiol groups is 1. The predicted octanol–water partition coefficient (Wildman–Crippen LogP) is 8.38. The molecule has 2 heterocycles. The summed E-state index contributed by atoms with van der Waals surface area (Å²) in [5, 5.41) is -2.45. The van der Waals surface area contributed by atoms with Gasteiger partial charge in [0.15, 0.2) is 0 Å². The number of aromatic nitrogens is 2. The van der Waals surface area contributed by atoms with E-state index in [-0.39, 0.29) is 0 Å². The fourth-order valence-electron chi connectivity index (χ4n) is 4.72. The molecule has 44 heavy (non-hydrogen) atoms. The van der Waals surface area contributed by atoms with Crippen LogP contribution in [0.4, 0.5) is 43.9 Å². The molecule has 0 bridgehead atoms. The van der Waals surface area contributed by atoms with Crippen LogP contribution in [0.5, 0.6) is 0 Å². The Balaban J connectivity index is 3.42. The van der Waals surface area contributed by atoms with Gasteiger partial charge in [-0.3, -0.25) is 0 Å². The van der Waals surface area contributed by atoms with Crippen LogP contribution in [-0.2, 0) is 34.7 Å². The number of hydrogen-bond donors (Lipinski definition) is 1. The fraction of sp³-hybridized carbons (Fsp3) is 0.556. The Hall–Kier alpha value is -3.11. The minimum atomic E-state index is -5.60. The zero-order chi connectivity index (χ0) is 34.1. The van der Waals surface area contributed by atoms with Crippen LogP contribution < -0.4 is 0 Å². The molecule has 0 N–H and O–H groups in total. The second-order valence-corrected chi connectivity index (χ2v) is 10.9. The van der Waals surface area contributed by atoms with Gasteiger partial charge < -0.3 is 9.47 Å². The first kappa shape index (κ1) is 37.1. The lowest BCUT2D eigenvalue weighted by molar-refractivity contribution is -0.142. The molecule has 0 aliphatic rings. The van der Waals surface area contributed by atoms with Crippen molar-refractivity contribution in [1.29, 1.82) is 0 Å². The van der Waals surface area contributed by atoms with E-state index in [4.69, 9.17) is 0 Å². The maximum absolute atomic E-state index is 14.5. The fourth-order valence-corrected chi connectivity index (χ4v) is 5.28. The van der Waals surface area contributed by atoms with Gasteiger partial charge in [0.05, 0.1) is 30.6 Å². The molecule has 246 valence electrons. The molecular formula is C27H28F10N2O4S. The lowest BCUT2D eigenvalue weighted by atomic mass is 9.83. The van der Waals surface area contributed by atoms with E-state index < -0.39 is 123 Å². The van der Waals surface area contributed by atoms with Gasteiger partial charge in [-0.05, 0) is 35.8 Å². The average Bonchev–Trinajstić information content (AvgIpc) is 2.88. The van der Waals surface area contributed by atoms with E-state index in [9.17, 15) is 53.5 Å². The number of pyridine rings is 2. The first-order valence-corrected chi connectivity index (χ1v) is 13.3. The lowest BCUT2D eigenvalue weighted by Gasteiger charge is -2.29. The van der Waals surface area contributed by atoms with Gasteiger partial charge in [-0.2, -0.15) is 39.0 Å². The summed E-state index contributed by atoms with van der Waals surface area (Å²) in [6.07, 6.45) is -19.9. The van der Waals surface area contributed by atoms with Crippen molar-refractivity contribution < 1.29 is 63.0 Å². The third kappa shape index (κ3) is 7.75. The summed E-state index contributed by atoms with van der Waals surface area (Å²) in [5.74, 6) is -4.49. The van der Waals surface area contributed by atoms with Gasteiger partial charge in [0, 0.05) is 11.1 Å². The first-order valence-electron chi connectivity index (χ1n) is 12.8. The molecule has 0 aliphatic carbocycles. The highest BCUT2D eigenvalue weighted by molar-refractivity contribution is 7.80. The number of nitrogens with zero attached hydrogens (tertiary/aromatic N) is 2. The van der Waals surface area contributed by atoms with Crippen molar-refractivity contribution in [2.45, 2.75) is 71.0 Å². The van der Waals surface area contributed by atoms with Crippen molar-refractivity contribution in [3.05, 3.63) is 56.2 Å². The molecule has 0 fully saturated rings. The number of hydrogen-bond acceptors (Lipinski definition) is 7. The molecule has 0 aromatic carbocycles. The van der Waals surface area contributed by atoms with Crippen molar-refractivity contribution in [2.75, 3.05) is 14.2 Å². The van der Waals surface area contributed by atoms with Crippen LogP contribution in [0.3, 0.4) is 0 Å². The van der Waals surface area contributed by atoms with Crippen LogP contribution >= 0.6 is 12.6 Å². The molecule has 2 aromatic heterocycles. The molecule has 0 atom stereocenters. The van der Waals surface area contributed by atoms with Crippen LogP contribution in [0, 0.1) is 11.8 Å². The number of ether oxygens (including phenoxy) is 2. The molecule has 17 heteroatoms. The first-order chi connectivity index (χ1) is 20.1. The van der Waals surface area contributed by atoms with Crippen LogP contribution in [0.2, 0.25) is 0 Å². The predicted molar refractivity (Wildman–Crippen MR) is 139 cm³/mol. The summed E-state index contributed by atoms with van der Waals surface area (Å²) in [6, 6.07) is 0. The zero-order valence-electron chi connectivity index (χ0n) is 24.1.